The standard InChI is InChI=1S/C11H13Cl2NO3/c1-16-4-5-17-7-11(15)14-10-3-2-8(12)6-9(10)13/h2-3,6H,4-5,7H2,1H3,(H,14,15). The molecule has 0 radical (unpaired) electrons. The summed E-state index contributed by atoms with van der Waals surface area (Å²) in [6.07, 6.45) is 0. The van der Waals surface area contributed by atoms with E-state index in [0.717, 1.165) is 0 Å². The number of hydrogen-bond donors (Lipinski definition) is 1. The average molecular weight is 278 g/mol. The number of rotatable bonds is 6. The van der Waals surface area contributed by atoms with Crippen LogP contribution < -0.4 is 5.32 Å². The highest BCUT2D eigenvalue weighted by Gasteiger charge is 2.06. The molecule has 0 saturated heterocycles. The molecule has 0 aliphatic carbocycles. The molecule has 1 N–H and O–H groups in total. The number of benzene rings is 1. The molecule has 94 valence electrons. The summed E-state index contributed by atoms with van der Waals surface area (Å²) in [5.74, 6) is -0.273. The van der Waals surface area contributed by atoms with E-state index in [0.29, 0.717) is 28.9 Å². The summed E-state index contributed by atoms with van der Waals surface area (Å²) >= 11 is 11.6. The van der Waals surface area contributed by atoms with Gasteiger partial charge in [-0.2, -0.15) is 0 Å². The maximum atomic E-state index is 11.4. The van der Waals surface area contributed by atoms with Crippen molar-refractivity contribution in [1.82, 2.24) is 0 Å². The summed E-state index contributed by atoms with van der Waals surface area (Å²) in [5.41, 5.74) is 0.511. The largest absolute Gasteiger partial charge is 0.382 e. The molecule has 0 aliphatic rings. The number of amides is 1. The summed E-state index contributed by atoms with van der Waals surface area (Å²) in [4.78, 5) is 11.4. The van der Waals surface area contributed by atoms with E-state index >= 15 is 0 Å². The first kappa shape index (κ1) is 14.3. The Bertz CT molecular complexity index is 385. The molecule has 6 heteroatoms. The smallest absolute Gasteiger partial charge is 0.250 e. The van der Waals surface area contributed by atoms with E-state index in [1.165, 1.54) is 0 Å². The Kier molecular flexibility index (Phi) is 6.29. The van der Waals surface area contributed by atoms with Crippen LogP contribution in [-0.2, 0) is 14.3 Å². The Balaban J connectivity index is 2.40. The van der Waals surface area contributed by atoms with Gasteiger partial charge in [-0.05, 0) is 18.2 Å². The Hall–Kier alpha value is -0.810. The Labute approximate surface area is 110 Å². The van der Waals surface area contributed by atoms with E-state index in [4.69, 9.17) is 32.7 Å². The van der Waals surface area contributed by atoms with Gasteiger partial charge in [0.25, 0.3) is 0 Å². The monoisotopic (exact) mass is 277 g/mol. The number of hydrogen-bond acceptors (Lipinski definition) is 3. The van der Waals surface area contributed by atoms with Gasteiger partial charge in [0.05, 0.1) is 23.9 Å². The maximum Gasteiger partial charge on any atom is 0.250 e. The number of methoxy groups -OCH3 is 1. The maximum absolute atomic E-state index is 11.4. The number of carbonyl (C=O) groups excluding carboxylic acids is 1. The fourth-order valence-corrected chi connectivity index (χ4v) is 1.54. The molecule has 0 fully saturated rings. The van der Waals surface area contributed by atoms with Gasteiger partial charge >= 0.3 is 0 Å². The summed E-state index contributed by atoms with van der Waals surface area (Å²) in [7, 11) is 1.57. The minimum atomic E-state index is -0.273. The minimum Gasteiger partial charge on any atom is -0.382 e. The third kappa shape index (κ3) is 5.37. The number of carbonyl (C=O) groups is 1. The van der Waals surface area contributed by atoms with E-state index in [9.17, 15) is 4.79 Å². The van der Waals surface area contributed by atoms with Gasteiger partial charge in [-0.3, -0.25) is 4.79 Å². The van der Waals surface area contributed by atoms with Gasteiger partial charge < -0.3 is 14.8 Å². The molecule has 4 nitrogen and oxygen atoms in total. The highest BCUT2D eigenvalue weighted by Crippen LogP contribution is 2.25. The number of anilines is 1. The second-order valence-corrected chi connectivity index (χ2v) is 4.06. The van der Waals surface area contributed by atoms with Crippen LogP contribution in [0.5, 0.6) is 0 Å². The van der Waals surface area contributed by atoms with Crippen LogP contribution in [0.4, 0.5) is 5.69 Å². The lowest BCUT2D eigenvalue weighted by Crippen LogP contribution is -2.19. The van der Waals surface area contributed by atoms with E-state index in [2.05, 4.69) is 5.32 Å². The van der Waals surface area contributed by atoms with Crippen LogP contribution in [0.1, 0.15) is 0 Å². The third-order valence-electron chi connectivity index (χ3n) is 1.87. The van der Waals surface area contributed by atoms with Crippen LogP contribution >= 0.6 is 23.2 Å². The molecule has 0 saturated carbocycles. The summed E-state index contributed by atoms with van der Waals surface area (Å²) in [6.45, 7) is 0.787. The Morgan fingerprint density at radius 1 is 1.35 bits per heavy atom. The molecule has 0 spiro atoms. The molecule has 0 unspecified atom stereocenters. The first-order valence-corrected chi connectivity index (χ1v) is 5.70. The SMILES string of the molecule is COCCOCC(=O)Nc1ccc(Cl)cc1Cl. The molecular weight excluding hydrogens is 265 g/mol. The predicted octanol–water partition coefficient (Wildman–Crippen LogP) is 2.59. The van der Waals surface area contributed by atoms with Crippen molar-refractivity contribution in [2.45, 2.75) is 0 Å². The average Bonchev–Trinajstić information content (AvgIpc) is 2.28. The van der Waals surface area contributed by atoms with Crippen molar-refractivity contribution < 1.29 is 14.3 Å². The van der Waals surface area contributed by atoms with Crippen LogP contribution in [-0.4, -0.2) is 32.8 Å². The van der Waals surface area contributed by atoms with Crippen molar-refractivity contribution in [3.8, 4) is 0 Å². The van der Waals surface area contributed by atoms with Gasteiger partial charge in [-0.25, -0.2) is 0 Å². The fourth-order valence-electron chi connectivity index (χ4n) is 1.08. The van der Waals surface area contributed by atoms with Gasteiger partial charge in [-0.15, -0.1) is 0 Å². The normalized spacial score (nSPS) is 10.3. The van der Waals surface area contributed by atoms with Gasteiger partial charge in [-0.1, -0.05) is 23.2 Å². The summed E-state index contributed by atoms with van der Waals surface area (Å²) in [6, 6.07) is 4.84. The molecular formula is C11H13Cl2NO3. The zero-order valence-corrected chi connectivity index (χ0v) is 10.8. The molecule has 1 amide bonds. The Morgan fingerprint density at radius 2 is 2.12 bits per heavy atom. The van der Waals surface area contributed by atoms with Crippen molar-refractivity contribution in [2.75, 3.05) is 32.2 Å². The van der Waals surface area contributed by atoms with E-state index in [1.54, 1.807) is 25.3 Å². The molecule has 1 aromatic rings. The minimum absolute atomic E-state index is 0.0394. The van der Waals surface area contributed by atoms with Crippen LogP contribution in [0.15, 0.2) is 18.2 Å². The van der Waals surface area contributed by atoms with Gasteiger partial charge in [0, 0.05) is 12.1 Å². The molecule has 0 bridgehead atoms. The topological polar surface area (TPSA) is 47.6 Å². The molecule has 0 aliphatic heterocycles. The molecule has 17 heavy (non-hydrogen) atoms. The van der Waals surface area contributed by atoms with E-state index in [1.807, 2.05) is 0 Å². The number of ether oxygens (including phenoxy) is 2. The fraction of sp³-hybridized carbons (Fsp3) is 0.364. The lowest BCUT2D eigenvalue weighted by Gasteiger charge is -2.07. The lowest BCUT2D eigenvalue weighted by atomic mass is 10.3. The van der Waals surface area contributed by atoms with E-state index < -0.39 is 0 Å². The van der Waals surface area contributed by atoms with Crippen molar-refractivity contribution in [3.05, 3.63) is 28.2 Å². The second-order valence-electron chi connectivity index (χ2n) is 3.22. The van der Waals surface area contributed by atoms with Crippen LogP contribution in [0.25, 0.3) is 0 Å². The quantitative estimate of drug-likeness (QED) is 0.814. The van der Waals surface area contributed by atoms with Crippen molar-refractivity contribution in [2.24, 2.45) is 0 Å². The second kappa shape index (κ2) is 7.50. The summed E-state index contributed by atoms with van der Waals surface area (Å²) < 4.78 is 9.85. The third-order valence-corrected chi connectivity index (χ3v) is 2.42. The zero-order valence-electron chi connectivity index (χ0n) is 9.33. The van der Waals surface area contributed by atoms with Crippen molar-refractivity contribution in [3.63, 3.8) is 0 Å². The molecule has 1 aromatic carbocycles. The molecule has 0 aromatic heterocycles. The molecule has 1 rings (SSSR count). The summed E-state index contributed by atoms with van der Waals surface area (Å²) in [5, 5.41) is 3.53. The number of nitrogens with one attached hydrogen (secondary N) is 1. The molecule has 0 heterocycles. The van der Waals surface area contributed by atoms with Gasteiger partial charge in [0.1, 0.15) is 6.61 Å². The first-order chi connectivity index (χ1) is 8.13. The van der Waals surface area contributed by atoms with Crippen LogP contribution in [0.2, 0.25) is 10.0 Å². The van der Waals surface area contributed by atoms with Crippen LogP contribution in [0, 0.1) is 0 Å². The highest BCUT2D eigenvalue weighted by molar-refractivity contribution is 6.36. The van der Waals surface area contributed by atoms with Gasteiger partial charge in [0.2, 0.25) is 5.91 Å². The van der Waals surface area contributed by atoms with Gasteiger partial charge in [0.15, 0.2) is 0 Å². The first-order valence-electron chi connectivity index (χ1n) is 4.95. The molecule has 0 atom stereocenters. The van der Waals surface area contributed by atoms with Crippen LogP contribution in [0.3, 0.4) is 0 Å². The van der Waals surface area contributed by atoms with E-state index in [-0.39, 0.29) is 12.5 Å². The Morgan fingerprint density at radius 3 is 2.76 bits per heavy atom. The number of halogens is 2. The van der Waals surface area contributed by atoms with Crippen molar-refractivity contribution >= 4 is 34.8 Å². The lowest BCUT2D eigenvalue weighted by molar-refractivity contribution is -0.121. The predicted molar refractivity (Wildman–Crippen MR) is 67.8 cm³/mol. The highest BCUT2D eigenvalue weighted by atomic mass is 35.5. The van der Waals surface area contributed by atoms with Crippen molar-refractivity contribution in [1.29, 1.82) is 0 Å². The zero-order chi connectivity index (χ0) is 12.7.